The van der Waals surface area contributed by atoms with Gasteiger partial charge < -0.3 is 0 Å². The molecule has 1 N–H and O–H groups in total. The molecule has 5 nitrogen and oxygen atoms in total. The number of nitrogens with zero attached hydrogens (tertiary/aromatic N) is 3. The van der Waals surface area contributed by atoms with E-state index in [1.165, 1.54) is 23.9 Å². The van der Waals surface area contributed by atoms with Gasteiger partial charge in [0.15, 0.2) is 5.65 Å². The van der Waals surface area contributed by atoms with Crippen molar-refractivity contribution in [1.82, 2.24) is 19.8 Å². The smallest absolute Gasteiger partial charge is 0.244 e. The Bertz CT molecular complexity index is 853. The van der Waals surface area contributed by atoms with Gasteiger partial charge in [-0.15, -0.1) is 0 Å². The number of aromatic amines is 1. The Kier molecular flexibility index (Phi) is 3.25. The third-order valence-electron chi connectivity index (χ3n) is 2.81. The van der Waals surface area contributed by atoms with Crippen LogP contribution in [0, 0.1) is 0 Å². The van der Waals surface area contributed by atoms with E-state index >= 15 is 0 Å². The number of aromatic nitrogens is 4. The molecular weight excluding hydrogens is 298 g/mol. The van der Waals surface area contributed by atoms with Gasteiger partial charge in [0.2, 0.25) is 0 Å². The molecule has 0 saturated heterocycles. The zero-order valence-electron chi connectivity index (χ0n) is 10.9. The number of benzene rings is 1. The van der Waals surface area contributed by atoms with Crippen molar-refractivity contribution in [2.45, 2.75) is 22.8 Å². The first-order valence-electron chi connectivity index (χ1n) is 6.04. The van der Waals surface area contributed by atoms with Crippen LogP contribution < -0.4 is 5.69 Å². The zero-order chi connectivity index (χ0) is 15.0. The molecule has 0 bridgehead atoms. The number of alkyl halides is 2. The normalized spacial score (nSPS) is 12.0. The average Bonchev–Trinajstić information content (AvgIpc) is 2.80. The van der Waals surface area contributed by atoms with Crippen LogP contribution in [0.2, 0.25) is 0 Å². The summed E-state index contributed by atoms with van der Waals surface area (Å²) in [7, 11) is 0. The lowest BCUT2D eigenvalue weighted by Gasteiger charge is -2.11. The summed E-state index contributed by atoms with van der Waals surface area (Å²) >= 11 is 1.20. The van der Waals surface area contributed by atoms with Gasteiger partial charge in [0.25, 0.3) is 5.92 Å². The van der Waals surface area contributed by atoms with E-state index in [9.17, 15) is 13.6 Å². The zero-order valence-corrected chi connectivity index (χ0v) is 11.7. The lowest BCUT2D eigenvalue weighted by atomic mass is 10.1. The molecule has 0 fully saturated rings. The van der Waals surface area contributed by atoms with Crippen molar-refractivity contribution in [3.8, 4) is 0 Å². The Hall–Kier alpha value is -2.22. The van der Waals surface area contributed by atoms with Gasteiger partial charge in [-0.25, -0.2) is 18.7 Å². The van der Waals surface area contributed by atoms with Gasteiger partial charge in [-0.05, 0) is 24.3 Å². The van der Waals surface area contributed by atoms with E-state index in [1.54, 1.807) is 24.3 Å². The van der Waals surface area contributed by atoms with E-state index in [0.29, 0.717) is 15.6 Å². The number of hydrogen-bond donors (Lipinski definition) is 1. The van der Waals surface area contributed by atoms with E-state index in [4.69, 9.17) is 0 Å². The van der Waals surface area contributed by atoms with Gasteiger partial charge in [-0.2, -0.15) is 14.7 Å². The molecule has 0 aliphatic carbocycles. The molecule has 3 rings (SSSR count). The van der Waals surface area contributed by atoms with E-state index in [1.807, 2.05) is 0 Å². The van der Waals surface area contributed by atoms with E-state index in [-0.39, 0.29) is 5.56 Å². The molecule has 108 valence electrons. The summed E-state index contributed by atoms with van der Waals surface area (Å²) in [4.78, 5) is 12.1. The van der Waals surface area contributed by atoms with Gasteiger partial charge >= 0.3 is 5.69 Å². The molecule has 0 spiro atoms. The number of rotatable bonds is 3. The third-order valence-corrected chi connectivity index (χ3v) is 3.73. The molecule has 1 aromatic carbocycles. The molecule has 0 unspecified atom stereocenters. The van der Waals surface area contributed by atoms with Gasteiger partial charge in [-0.3, -0.25) is 0 Å². The summed E-state index contributed by atoms with van der Waals surface area (Å²) in [5.41, 5.74) is -0.103. The van der Waals surface area contributed by atoms with Crippen molar-refractivity contribution >= 4 is 17.4 Å². The van der Waals surface area contributed by atoms with Crippen molar-refractivity contribution < 1.29 is 8.78 Å². The topological polar surface area (TPSA) is 63.0 Å². The highest BCUT2D eigenvalue weighted by atomic mass is 32.2. The summed E-state index contributed by atoms with van der Waals surface area (Å²) in [5, 5.41) is 10.7. The number of H-pyrrole nitrogens is 1. The summed E-state index contributed by atoms with van der Waals surface area (Å²) in [6, 6.07) is 9.38. The maximum Gasteiger partial charge on any atom is 0.364 e. The third kappa shape index (κ3) is 2.80. The Balaban J connectivity index is 1.95. The number of halogens is 2. The number of fused-ring (bicyclic) bond motifs is 1. The van der Waals surface area contributed by atoms with E-state index in [2.05, 4.69) is 15.3 Å². The van der Waals surface area contributed by atoms with Gasteiger partial charge in [0.05, 0.1) is 0 Å². The van der Waals surface area contributed by atoms with Crippen LogP contribution >= 0.6 is 11.8 Å². The van der Waals surface area contributed by atoms with Crippen LogP contribution in [-0.4, -0.2) is 19.8 Å². The van der Waals surface area contributed by atoms with Crippen molar-refractivity contribution in [2.75, 3.05) is 0 Å². The minimum Gasteiger partial charge on any atom is -0.244 e. The SMILES string of the molecule is CC(F)(F)c1cccc(Sc2ccc3n[nH]c(=O)n3n2)c1. The molecule has 0 aliphatic heterocycles. The highest BCUT2D eigenvalue weighted by Gasteiger charge is 2.24. The van der Waals surface area contributed by atoms with Gasteiger partial charge in [0.1, 0.15) is 5.03 Å². The first-order chi connectivity index (χ1) is 9.93. The van der Waals surface area contributed by atoms with Crippen LogP contribution in [0.4, 0.5) is 8.78 Å². The van der Waals surface area contributed by atoms with Crippen LogP contribution in [-0.2, 0) is 5.92 Å². The molecule has 21 heavy (non-hydrogen) atoms. The lowest BCUT2D eigenvalue weighted by Crippen LogP contribution is -2.12. The standard InChI is InChI=1S/C13H10F2N4OS/c1-13(14,15)8-3-2-4-9(7-8)21-11-6-5-10-16-17-12(20)19(10)18-11/h2-7H,1H3,(H,17,20). The molecule has 0 radical (unpaired) electrons. The van der Waals surface area contributed by atoms with E-state index in [0.717, 1.165) is 11.4 Å². The molecule has 3 aromatic rings. The maximum atomic E-state index is 13.3. The monoisotopic (exact) mass is 308 g/mol. The first kappa shape index (κ1) is 13.7. The van der Waals surface area contributed by atoms with Crippen molar-refractivity contribution in [3.63, 3.8) is 0 Å². The predicted molar refractivity (Wildman–Crippen MR) is 73.7 cm³/mol. The van der Waals surface area contributed by atoms with Crippen molar-refractivity contribution in [3.05, 3.63) is 52.4 Å². The number of nitrogens with one attached hydrogen (secondary N) is 1. The lowest BCUT2D eigenvalue weighted by molar-refractivity contribution is 0.0172. The van der Waals surface area contributed by atoms with Crippen LogP contribution in [0.5, 0.6) is 0 Å². The largest absolute Gasteiger partial charge is 0.364 e. The average molecular weight is 308 g/mol. The fraction of sp³-hybridized carbons (Fsp3) is 0.154. The quantitative estimate of drug-likeness (QED) is 0.808. The van der Waals surface area contributed by atoms with Crippen LogP contribution in [0.3, 0.4) is 0 Å². The second-order valence-electron chi connectivity index (χ2n) is 4.49. The second-order valence-corrected chi connectivity index (χ2v) is 5.58. The van der Waals surface area contributed by atoms with Gasteiger partial charge in [0, 0.05) is 17.4 Å². The summed E-state index contributed by atoms with van der Waals surface area (Å²) in [5.74, 6) is -2.89. The Labute approximate surface area is 122 Å². The minimum atomic E-state index is -2.89. The molecule has 2 aromatic heterocycles. The molecule has 0 atom stereocenters. The first-order valence-corrected chi connectivity index (χ1v) is 6.86. The van der Waals surface area contributed by atoms with E-state index < -0.39 is 11.6 Å². The van der Waals surface area contributed by atoms with Crippen LogP contribution in [0.15, 0.2) is 51.1 Å². The fourth-order valence-electron chi connectivity index (χ4n) is 1.79. The molecule has 0 amide bonds. The molecule has 2 heterocycles. The summed E-state index contributed by atoms with van der Waals surface area (Å²) < 4.78 is 27.7. The van der Waals surface area contributed by atoms with Crippen molar-refractivity contribution in [1.29, 1.82) is 0 Å². The molecular formula is C13H10F2N4OS. The van der Waals surface area contributed by atoms with Crippen LogP contribution in [0.25, 0.3) is 5.65 Å². The van der Waals surface area contributed by atoms with Crippen LogP contribution in [0.1, 0.15) is 12.5 Å². The molecule has 8 heteroatoms. The summed E-state index contributed by atoms with van der Waals surface area (Å²) in [6.45, 7) is 0.853. The number of hydrogen-bond acceptors (Lipinski definition) is 4. The van der Waals surface area contributed by atoms with Gasteiger partial charge in [-0.1, -0.05) is 23.9 Å². The van der Waals surface area contributed by atoms with Crippen molar-refractivity contribution in [2.24, 2.45) is 0 Å². The summed E-state index contributed by atoms with van der Waals surface area (Å²) in [6.07, 6.45) is 0. The second kappa shape index (κ2) is 4.96. The highest BCUT2D eigenvalue weighted by Crippen LogP contribution is 2.32. The minimum absolute atomic E-state index is 0.0611. The maximum absolute atomic E-state index is 13.3. The molecule has 0 saturated carbocycles. The molecule has 0 aliphatic rings. The Morgan fingerprint density at radius 3 is 2.86 bits per heavy atom. The Morgan fingerprint density at radius 2 is 2.10 bits per heavy atom. The highest BCUT2D eigenvalue weighted by molar-refractivity contribution is 7.99. The Morgan fingerprint density at radius 1 is 1.29 bits per heavy atom. The fourth-order valence-corrected chi connectivity index (χ4v) is 2.63. The predicted octanol–water partition coefficient (Wildman–Crippen LogP) is 2.68.